The molecule has 14 heteroatoms. The lowest BCUT2D eigenvalue weighted by Crippen LogP contribution is -2.59. The van der Waals surface area contributed by atoms with E-state index < -0.39 is 46.7 Å². The Morgan fingerprint density at radius 3 is 2.58 bits per heavy atom. The van der Waals surface area contributed by atoms with Crippen LogP contribution in [0.15, 0.2) is 82.7 Å². The number of hydrogen-bond acceptors (Lipinski definition) is 11. The zero-order chi connectivity index (χ0) is 30.3. The van der Waals surface area contributed by atoms with Crippen LogP contribution in [-0.4, -0.2) is 94.3 Å². The summed E-state index contributed by atoms with van der Waals surface area (Å²) < 4.78 is 40.0. The third-order valence-corrected chi connectivity index (χ3v) is 9.19. The van der Waals surface area contributed by atoms with Crippen LogP contribution in [0.5, 0.6) is 5.75 Å². The molecule has 3 heterocycles. The molecule has 0 bridgehead atoms. The van der Waals surface area contributed by atoms with Gasteiger partial charge < -0.3 is 30.1 Å². The van der Waals surface area contributed by atoms with Crippen LogP contribution in [0.3, 0.4) is 0 Å². The fourth-order valence-electron chi connectivity index (χ4n) is 5.05. The molecule has 3 aromatic carbocycles. The number of nitrogens with zero attached hydrogens (tertiary/aromatic N) is 4. The molecular formula is C29H27N5O8S. The fraction of sp³-hybridized carbons (Fsp3) is 0.241. The van der Waals surface area contributed by atoms with Crippen LogP contribution < -0.4 is 10.1 Å². The van der Waals surface area contributed by atoms with E-state index in [0.717, 1.165) is 0 Å². The molecule has 6 rings (SSSR count). The van der Waals surface area contributed by atoms with Gasteiger partial charge in [-0.2, -0.15) is 0 Å². The Morgan fingerprint density at radius 2 is 1.84 bits per heavy atom. The zero-order valence-corrected chi connectivity index (χ0v) is 23.5. The van der Waals surface area contributed by atoms with Crippen LogP contribution in [0.25, 0.3) is 27.6 Å². The van der Waals surface area contributed by atoms with Gasteiger partial charge in [-0.3, -0.25) is 9.78 Å². The number of sulfone groups is 1. The maximum atomic E-state index is 14.0. The van der Waals surface area contributed by atoms with Crippen molar-refractivity contribution in [1.82, 2.24) is 25.3 Å². The summed E-state index contributed by atoms with van der Waals surface area (Å²) in [4.78, 5) is 17.6. The minimum absolute atomic E-state index is 0.0000424. The van der Waals surface area contributed by atoms with Gasteiger partial charge in [0.05, 0.1) is 48.0 Å². The molecule has 2 aromatic heterocycles. The van der Waals surface area contributed by atoms with E-state index in [1.807, 2.05) is 0 Å². The van der Waals surface area contributed by atoms with Gasteiger partial charge in [0.15, 0.2) is 0 Å². The topological polar surface area (TPSA) is 186 Å². The van der Waals surface area contributed by atoms with Crippen molar-refractivity contribution in [2.24, 2.45) is 0 Å². The summed E-state index contributed by atoms with van der Waals surface area (Å²) in [5.74, 6) is -0.122. The van der Waals surface area contributed by atoms with Crippen LogP contribution in [0.2, 0.25) is 0 Å². The van der Waals surface area contributed by atoms with Crippen LogP contribution in [0.4, 0.5) is 0 Å². The molecule has 5 aromatic rings. The molecule has 222 valence electrons. The van der Waals surface area contributed by atoms with Crippen LogP contribution in [0.1, 0.15) is 10.4 Å². The molecule has 4 unspecified atom stereocenters. The van der Waals surface area contributed by atoms with Gasteiger partial charge in [0.1, 0.15) is 34.5 Å². The monoisotopic (exact) mass is 605 g/mol. The van der Waals surface area contributed by atoms with Gasteiger partial charge in [-0.05, 0) is 54.6 Å². The normalized spacial score (nSPS) is 20.7. The number of aliphatic hydroxyl groups excluding tert-OH is 3. The van der Waals surface area contributed by atoms with E-state index in [1.165, 1.54) is 54.4 Å². The van der Waals surface area contributed by atoms with E-state index in [1.54, 1.807) is 30.3 Å². The minimum atomic E-state index is -4.16. The summed E-state index contributed by atoms with van der Waals surface area (Å²) in [7, 11) is -2.68. The van der Waals surface area contributed by atoms with Crippen molar-refractivity contribution >= 4 is 37.7 Å². The molecule has 4 atom stereocenters. The standard InChI is InChI=1S/C29H27N5O8S/c1-41-17-7-9-18(10-8-17)43(39,40)25-13-30-20-11-6-16(29(38)31-22-15-42-24(14-35)28(37)27(22)36)12-19(20)26(25)34-23-5-3-2-4-21(23)32-33-34/h2-13,22,24,27-28,35-37H,14-15H2,1H3,(H,31,38). The van der Waals surface area contributed by atoms with Gasteiger partial charge >= 0.3 is 0 Å². The molecule has 4 N–H and O–H groups in total. The van der Waals surface area contributed by atoms with E-state index >= 15 is 0 Å². The summed E-state index contributed by atoms with van der Waals surface area (Å²) >= 11 is 0. The highest BCUT2D eigenvalue weighted by molar-refractivity contribution is 7.91. The lowest BCUT2D eigenvalue weighted by molar-refractivity contribution is -0.159. The number of benzene rings is 3. The quantitative estimate of drug-likeness (QED) is 0.208. The first kappa shape index (κ1) is 28.6. The summed E-state index contributed by atoms with van der Waals surface area (Å²) in [5, 5.41) is 41.4. The number of para-hydroxylation sites is 1. The third kappa shape index (κ3) is 5.08. The number of pyridine rings is 1. The SMILES string of the molecule is COc1ccc(S(=O)(=O)c2cnc3ccc(C(=O)NC4COC(CO)C(O)C4O)cc3c2-n2nnc3ccccc32)cc1. The maximum absolute atomic E-state index is 14.0. The first-order valence-electron chi connectivity index (χ1n) is 13.2. The van der Waals surface area contributed by atoms with E-state index in [0.29, 0.717) is 27.7 Å². The molecule has 0 aliphatic carbocycles. The smallest absolute Gasteiger partial charge is 0.251 e. The summed E-state index contributed by atoms with van der Waals surface area (Å²) in [6.45, 7) is -0.622. The fourth-order valence-corrected chi connectivity index (χ4v) is 6.45. The van der Waals surface area contributed by atoms with E-state index in [2.05, 4.69) is 20.6 Å². The van der Waals surface area contributed by atoms with Crippen molar-refractivity contribution in [2.75, 3.05) is 20.3 Å². The summed E-state index contributed by atoms with van der Waals surface area (Å²) in [6, 6.07) is 16.6. The van der Waals surface area contributed by atoms with Crippen molar-refractivity contribution in [3.8, 4) is 11.4 Å². The molecule has 0 radical (unpaired) electrons. The number of fused-ring (bicyclic) bond motifs is 2. The maximum Gasteiger partial charge on any atom is 0.251 e. The second-order valence-electron chi connectivity index (χ2n) is 9.99. The van der Waals surface area contributed by atoms with Crippen molar-refractivity contribution in [3.05, 3.63) is 78.5 Å². The third-order valence-electron chi connectivity index (χ3n) is 7.42. The number of nitrogens with one attached hydrogen (secondary N) is 1. The molecule has 1 aliphatic heterocycles. The largest absolute Gasteiger partial charge is 0.497 e. The Morgan fingerprint density at radius 1 is 1.07 bits per heavy atom. The molecule has 1 saturated heterocycles. The van der Waals surface area contributed by atoms with Gasteiger partial charge in [-0.1, -0.05) is 17.3 Å². The Kier molecular flexibility index (Phi) is 7.54. The highest BCUT2D eigenvalue weighted by atomic mass is 32.2. The average Bonchev–Trinajstić information content (AvgIpc) is 3.46. The lowest BCUT2D eigenvalue weighted by Gasteiger charge is -2.37. The average molecular weight is 606 g/mol. The highest BCUT2D eigenvalue weighted by Crippen LogP contribution is 2.34. The number of aliphatic hydroxyl groups is 3. The Bertz CT molecular complexity index is 1930. The van der Waals surface area contributed by atoms with Gasteiger partial charge in [0.2, 0.25) is 9.84 Å². The molecule has 43 heavy (non-hydrogen) atoms. The Balaban J connectivity index is 1.49. The number of ether oxygens (including phenoxy) is 2. The molecule has 1 amide bonds. The molecule has 0 saturated carbocycles. The minimum Gasteiger partial charge on any atom is -0.497 e. The number of rotatable bonds is 7. The molecule has 13 nitrogen and oxygen atoms in total. The number of hydrogen-bond donors (Lipinski definition) is 4. The predicted molar refractivity (Wildman–Crippen MR) is 153 cm³/mol. The number of carbonyl (C=O) groups is 1. The molecule has 1 aliphatic rings. The van der Waals surface area contributed by atoms with Crippen molar-refractivity contribution in [2.45, 2.75) is 34.1 Å². The molecule has 0 spiro atoms. The number of methoxy groups -OCH3 is 1. The summed E-state index contributed by atoms with van der Waals surface area (Å²) in [6.07, 6.45) is -2.50. The van der Waals surface area contributed by atoms with Crippen molar-refractivity contribution in [1.29, 1.82) is 0 Å². The van der Waals surface area contributed by atoms with Crippen LogP contribution in [0, 0.1) is 0 Å². The highest BCUT2D eigenvalue weighted by Gasteiger charge is 2.39. The molecular weight excluding hydrogens is 578 g/mol. The first-order valence-corrected chi connectivity index (χ1v) is 14.7. The van der Waals surface area contributed by atoms with Crippen LogP contribution >= 0.6 is 0 Å². The van der Waals surface area contributed by atoms with Crippen LogP contribution in [-0.2, 0) is 14.6 Å². The second kappa shape index (κ2) is 11.3. The number of aromatic nitrogens is 4. The van der Waals surface area contributed by atoms with Gasteiger partial charge in [0.25, 0.3) is 5.91 Å². The van der Waals surface area contributed by atoms with E-state index in [9.17, 15) is 28.5 Å². The number of carbonyl (C=O) groups excluding carboxylic acids is 1. The summed E-state index contributed by atoms with van der Waals surface area (Å²) in [5.41, 5.74) is 1.73. The molecule has 1 fully saturated rings. The Hall–Kier alpha value is -4.47. The van der Waals surface area contributed by atoms with Gasteiger partial charge in [-0.15, -0.1) is 5.10 Å². The van der Waals surface area contributed by atoms with Crippen molar-refractivity contribution < 1.29 is 38.0 Å². The van der Waals surface area contributed by atoms with E-state index in [-0.39, 0.29) is 27.6 Å². The number of amides is 1. The Labute approximate surface area is 245 Å². The predicted octanol–water partition coefficient (Wildman–Crippen LogP) is 1.02. The lowest BCUT2D eigenvalue weighted by atomic mass is 9.98. The van der Waals surface area contributed by atoms with Gasteiger partial charge in [0, 0.05) is 17.1 Å². The van der Waals surface area contributed by atoms with Crippen molar-refractivity contribution in [3.63, 3.8) is 0 Å². The van der Waals surface area contributed by atoms with E-state index in [4.69, 9.17) is 9.47 Å². The second-order valence-corrected chi connectivity index (χ2v) is 11.9. The van der Waals surface area contributed by atoms with Gasteiger partial charge in [-0.25, -0.2) is 13.1 Å². The zero-order valence-electron chi connectivity index (χ0n) is 22.7. The first-order chi connectivity index (χ1) is 20.7.